The lowest BCUT2D eigenvalue weighted by atomic mass is 10.0. The highest BCUT2D eigenvalue weighted by Crippen LogP contribution is 2.39. The van der Waals surface area contributed by atoms with Crippen LogP contribution in [-0.2, 0) is 9.59 Å². The Morgan fingerprint density at radius 2 is 1.03 bits per heavy atom. The lowest BCUT2D eigenvalue weighted by molar-refractivity contribution is -0.253. The Bertz CT molecular complexity index is 979. The normalized spacial score (nSPS) is 12.0. The van der Waals surface area contributed by atoms with Gasteiger partial charge in [0.1, 0.15) is 11.5 Å². The van der Waals surface area contributed by atoms with Crippen LogP contribution >= 0.6 is 0 Å². The topological polar surface area (TPSA) is 76.7 Å². The van der Waals surface area contributed by atoms with Crippen molar-refractivity contribution in [2.24, 2.45) is 0 Å². The molecular formula is C20H16F8N2O4. The maximum atomic E-state index is 13.3. The minimum absolute atomic E-state index is 0.107. The fourth-order valence-electron chi connectivity index (χ4n) is 2.55. The molecule has 0 aromatic heterocycles. The molecule has 2 N–H and O–H groups in total. The van der Waals surface area contributed by atoms with E-state index >= 15 is 0 Å². The summed E-state index contributed by atoms with van der Waals surface area (Å²) in [6, 6.07) is 5.96. The summed E-state index contributed by atoms with van der Waals surface area (Å²) in [4.78, 5) is 22.8. The molecule has 2 amide bonds. The van der Waals surface area contributed by atoms with E-state index in [2.05, 4.69) is 20.1 Å². The Balaban J connectivity index is 2.52. The van der Waals surface area contributed by atoms with E-state index in [4.69, 9.17) is 0 Å². The number of halogens is 8. The van der Waals surface area contributed by atoms with Gasteiger partial charge in [-0.3, -0.25) is 9.59 Å². The second kappa shape index (κ2) is 10.1. The maximum Gasteiger partial charge on any atom is 0.461 e. The molecule has 2 aromatic rings. The number of alkyl halides is 8. The van der Waals surface area contributed by atoms with Crippen LogP contribution in [0, 0.1) is 0 Å². The molecule has 34 heavy (non-hydrogen) atoms. The SMILES string of the molecule is CC(=O)Nc1cc(-c2ccc(OC(F)(F)C(F)F)c(NC(C)=O)c2)ccc1OC(F)(F)C(F)F. The first-order chi connectivity index (χ1) is 15.6. The van der Waals surface area contributed by atoms with Gasteiger partial charge >= 0.3 is 25.1 Å². The first kappa shape index (κ1) is 26.7. The van der Waals surface area contributed by atoms with Gasteiger partial charge in [-0.1, -0.05) is 12.1 Å². The van der Waals surface area contributed by atoms with Gasteiger partial charge in [-0.15, -0.1) is 0 Å². The van der Waals surface area contributed by atoms with E-state index in [9.17, 15) is 44.7 Å². The van der Waals surface area contributed by atoms with Crippen LogP contribution in [0.2, 0.25) is 0 Å². The van der Waals surface area contributed by atoms with Gasteiger partial charge in [0.05, 0.1) is 11.4 Å². The lowest BCUT2D eigenvalue weighted by Gasteiger charge is -2.21. The van der Waals surface area contributed by atoms with Gasteiger partial charge in [-0.05, 0) is 35.4 Å². The Morgan fingerprint density at radius 3 is 1.29 bits per heavy atom. The number of carbonyl (C=O) groups is 2. The minimum Gasteiger partial charge on any atom is -0.426 e. The molecular weight excluding hydrogens is 484 g/mol. The van der Waals surface area contributed by atoms with Gasteiger partial charge in [0.2, 0.25) is 11.8 Å². The van der Waals surface area contributed by atoms with Crippen molar-refractivity contribution < 1.29 is 54.2 Å². The van der Waals surface area contributed by atoms with E-state index in [1.807, 2.05) is 0 Å². The lowest BCUT2D eigenvalue weighted by Crippen LogP contribution is -2.33. The highest BCUT2D eigenvalue weighted by atomic mass is 19.3. The predicted molar refractivity (Wildman–Crippen MR) is 104 cm³/mol. The molecule has 0 bridgehead atoms. The van der Waals surface area contributed by atoms with Crippen molar-refractivity contribution in [1.29, 1.82) is 0 Å². The Morgan fingerprint density at radius 1 is 0.706 bits per heavy atom. The summed E-state index contributed by atoms with van der Waals surface area (Å²) < 4.78 is 111. The van der Waals surface area contributed by atoms with Crippen molar-refractivity contribution in [1.82, 2.24) is 0 Å². The summed E-state index contributed by atoms with van der Waals surface area (Å²) >= 11 is 0. The summed E-state index contributed by atoms with van der Waals surface area (Å²) in [6.07, 6.45) is -18.1. The number of amides is 2. The van der Waals surface area contributed by atoms with Crippen LogP contribution in [0.4, 0.5) is 46.5 Å². The number of carbonyl (C=O) groups excluding carboxylic acids is 2. The van der Waals surface area contributed by atoms with Gasteiger partial charge in [-0.25, -0.2) is 0 Å². The van der Waals surface area contributed by atoms with E-state index in [-0.39, 0.29) is 11.1 Å². The standard InChI is InChI=1S/C20H16F8N2O4/c1-9(31)29-13-7-11(3-5-15(13)33-19(25,26)17(21)22)12-4-6-16(14(8-12)30-10(2)32)34-20(27,28)18(23)24/h3-8,17-18H,1-2H3,(H,29,31)(H,30,32). The monoisotopic (exact) mass is 500 g/mol. The van der Waals surface area contributed by atoms with Gasteiger partial charge < -0.3 is 20.1 Å². The molecule has 0 heterocycles. The maximum absolute atomic E-state index is 13.3. The van der Waals surface area contributed by atoms with Crippen molar-refractivity contribution in [3.05, 3.63) is 36.4 Å². The zero-order chi connectivity index (χ0) is 25.8. The Labute approximate surface area is 186 Å². The van der Waals surface area contributed by atoms with E-state index in [1.165, 1.54) is 0 Å². The molecule has 0 fully saturated rings. The zero-order valence-electron chi connectivity index (χ0n) is 17.3. The Kier molecular flexibility index (Phi) is 7.95. The third-order valence-corrected chi connectivity index (χ3v) is 3.91. The van der Waals surface area contributed by atoms with Crippen LogP contribution in [0.5, 0.6) is 11.5 Å². The summed E-state index contributed by atoms with van der Waals surface area (Å²) in [5.41, 5.74) is -0.655. The quantitative estimate of drug-likeness (QED) is 0.431. The number of anilines is 2. The molecule has 0 aliphatic heterocycles. The van der Waals surface area contributed by atoms with Crippen LogP contribution < -0.4 is 20.1 Å². The number of hydrogen-bond donors (Lipinski definition) is 2. The molecule has 0 spiro atoms. The second-order valence-electron chi connectivity index (χ2n) is 6.71. The summed E-state index contributed by atoms with van der Waals surface area (Å²) in [7, 11) is 0. The largest absolute Gasteiger partial charge is 0.461 e. The summed E-state index contributed by atoms with van der Waals surface area (Å²) in [5.74, 6) is -3.13. The molecule has 14 heteroatoms. The highest BCUT2D eigenvalue weighted by molar-refractivity contribution is 5.93. The van der Waals surface area contributed by atoms with Crippen molar-refractivity contribution in [2.75, 3.05) is 10.6 Å². The molecule has 0 aliphatic rings. The van der Waals surface area contributed by atoms with E-state index in [0.29, 0.717) is 0 Å². The number of hydrogen-bond acceptors (Lipinski definition) is 4. The molecule has 6 nitrogen and oxygen atoms in total. The van der Waals surface area contributed by atoms with E-state index in [1.54, 1.807) is 0 Å². The first-order valence-electron chi connectivity index (χ1n) is 9.16. The van der Waals surface area contributed by atoms with Gasteiger partial charge in [-0.2, -0.15) is 35.1 Å². The summed E-state index contributed by atoms with van der Waals surface area (Å²) in [6.45, 7) is 2.01. The van der Waals surface area contributed by atoms with Gasteiger partial charge in [0.15, 0.2) is 0 Å². The highest BCUT2D eigenvalue weighted by Gasteiger charge is 2.45. The molecule has 0 unspecified atom stereocenters. The van der Waals surface area contributed by atoms with Crippen LogP contribution in [0.25, 0.3) is 11.1 Å². The third-order valence-electron chi connectivity index (χ3n) is 3.91. The average Bonchev–Trinajstić information content (AvgIpc) is 2.69. The van der Waals surface area contributed by atoms with Crippen LogP contribution in [0.1, 0.15) is 13.8 Å². The molecule has 0 saturated carbocycles. The van der Waals surface area contributed by atoms with Gasteiger partial charge in [0.25, 0.3) is 0 Å². The minimum atomic E-state index is -4.87. The molecule has 2 rings (SSSR count). The second-order valence-corrected chi connectivity index (χ2v) is 6.71. The first-order valence-corrected chi connectivity index (χ1v) is 9.16. The van der Waals surface area contributed by atoms with Crippen LogP contribution in [0.3, 0.4) is 0 Å². The van der Waals surface area contributed by atoms with Crippen molar-refractivity contribution >= 4 is 23.2 Å². The molecule has 0 saturated heterocycles. The molecule has 186 valence electrons. The number of benzene rings is 2. The van der Waals surface area contributed by atoms with Gasteiger partial charge in [0, 0.05) is 13.8 Å². The number of rotatable bonds is 9. The van der Waals surface area contributed by atoms with E-state index < -0.39 is 59.8 Å². The van der Waals surface area contributed by atoms with E-state index in [0.717, 1.165) is 50.2 Å². The molecule has 0 aliphatic carbocycles. The fourth-order valence-corrected chi connectivity index (χ4v) is 2.55. The number of ether oxygens (including phenoxy) is 2. The van der Waals surface area contributed by atoms with Crippen LogP contribution in [0.15, 0.2) is 36.4 Å². The number of nitrogens with one attached hydrogen (secondary N) is 2. The third kappa shape index (κ3) is 6.71. The molecule has 2 aromatic carbocycles. The average molecular weight is 500 g/mol. The predicted octanol–water partition coefficient (Wildman–Crippen LogP) is 5.74. The van der Waals surface area contributed by atoms with Crippen molar-refractivity contribution in [3.8, 4) is 22.6 Å². The Hall–Kier alpha value is -3.58. The molecule has 0 atom stereocenters. The van der Waals surface area contributed by atoms with Crippen molar-refractivity contribution in [2.45, 2.75) is 38.9 Å². The smallest absolute Gasteiger partial charge is 0.426 e. The zero-order valence-corrected chi connectivity index (χ0v) is 17.3. The van der Waals surface area contributed by atoms with Crippen molar-refractivity contribution in [3.63, 3.8) is 0 Å². The van der Waals surface area contributed by atoms with Crippen LogP contribution in [-0.4, -0.2) is 36.9 Å². The fraction of sp³-hybridized carbons (Fsp3) is 0.300. The molecule has 0 radical (unpaired) electrons. The summed E-state index contributed by atoms with van der Waals surface area (Å²) in [5, 5.41) is 4.26.